The summed E-state index contributed by atoms with van der Waals surface area (Å²) in [6.45, 7) is 2.22. The van der Waals surface area contributed by atoms with E-state index in [9.17, 15) is 9.18 Å². The number of carbonyl (C=O) groups is 1. The number of fused-ring (bicyclic) bond motifs is 1. The van der Waals surface area contributed by atoms with Crippen molar-refractivity contribution in [1.82, 2.24) is 0 Å². The van der Waals surface area contributed by atoms with Crippen LogP contribution in [0.1, 0.15) is 49.4 Å². The Hall–Kier alpha value is -1.70. The zero-order chi connectivity index (χ0) is 14.8. The third-order valence-corrected chi connectivity index (χ3v) is 4.93. The molecule has 21 heavy (non-hydrogen) atoms. The number of rotatable bonds is 3. The van der Waals surface area contributed by atoms with E-state index < -0.39 is 0 Å². The molecule has 1 aliphatic rings. The molecular weight excluding hydrogens is 263 g/mol. The largest absolute Gasteiger partial charge is 0.294 e. The fourth-order valence-electron chi connectivity index (χ4n) is 3.53. The molecule has 0 unspecified atom stereocenters. The second-order valence-corrected chi connectivity index (χ2v) is 6.13. The number of carbonyl (C=O) groups excluding carboxylic acids is 1. The van der Waals surface area contributed by atoms with E-state index in [4.69, 9.17) is 0 Å². The predicted octanol–water partition coefficient (Wildman–Crippen LogP) is 5.38. The molecule has 0 heterocycles. The molecule has 2 aromatic carbocycles. The van der Waals surface area contributed by atoms with E-state index in [-0.39, 0.29) is 17.5 Å². The maximum Gasteiger partial charge on any atom is 0.166 e. The summed E-state index contributed by atoms with van der Waals surface area (Å²) in [6.07, 6.45) is 5.45. The van der Waals surface area contributed by atoms with Crippen LogP contribution in [-0.2, 0) is 0 Å². The van der Waals surface area contributed by atoms with Crippen LogP contribution in [0.15, 0.2) is 36.4 Å². The van der Waals surface area contributed by atoms with Gasteiger partial charge in [0, 0.05) is 16.9 Å². The summed E-state index contributed by atoms with van der Waals surface area (Å²) in [4.78, 5) is 12.8. The van der Waals surface area contributed by atoms with Crippen molar-refractivity contribution in [1.29, 1.82) is 0 Å². The lowest BCUT2D eigenvalue weighted by Gasteiger charge is -2.27. The summed E-state index contributed by atoms with van der Waals surface area (Å²) in [5.74, 6) is 0.832. The van der Waals surface area contributed by atoms with Gasteiger partial charge in [0.2, 0.25) is 0 Å². The van der Waals surface area contributed by atoms with Crippen LogP contribution < -0.4 is 0 Å². The molecule has 2 heteroatoms. The fourth-order valence-corrected chi connectivity index (χ4v) is 3.53. The van der Waals surface area contributed by atoms with Crippen molar-refractivity contribution in [2.24, 2.45) is 11.8 Å². The van der Waals surface area contributed by atoms with E-state index >= 15 is 0 Å². The minimum Gasteiger partial charge on any atom is -0.294 e. The fraction of sp³-hybridized carbons (Fsp3) is 0.421. The van der Waals surface area contributed by atoms with E-state index in [0.717, 1.165) is 37.0 Å². The minimum absolute atomic E-state index is 0.113. The predicted molar refractivity (Wildman–Crippen MR) is 84.0 cm³/mol. The van der Waals surface area contributed by atoms with Crippen LogP contribution in [0.3, 0.4) is 0 Å². The molecule has 0 N–H and O–H groups in total. The lowest BCUT2D eigenvalue weighted by molar-refractivity contribution is 0.0873. The van der Waals surface area contributed by atoms with Gasteiger partial charge in [0.25, 0.3) is 0 Å². The van der Waals surface area contributed by atoms with Gasteiger partial charge in [-0.1, -0.05) is 37.6 Å². The van der Waals surface area contributed by atoms with Gasteiger partial charge in [-0.05, 0) is 49.1 Å². The molecule has 110 valence electrons. The van der Waals surface area contributed by atoms with E-state index in [1.807, 2.05) is 18.2 Å². The summed E-state index contributed by atoms with van der Waals surface area (Å²) < 4.78 is 13.9. The van der Waals surface area contributed by atoms with Gasteiger partial charge in [-0.3, -0.25) is 4.79 Å². The van der Waals surface area contributed by atoms with Crippen LogP contribution in [0, 0.1) is 17.7 Å². The third kappa shape index (κ3) is 2.72. The second kappa shape index (κ2) is 5.97. The Labute approximate surface area is 125 Å². The maximum absolute atomic E-state index is 13.9. The van der Waals surface area contributed by atoms with Crippen molar-refractivity contribution in [3.63, 3.8) is 0 Å². The Balaban J connectivity index is 1.90. The zero-order valence-corrected chi connectivity index (χ0v) is 12.4. The van der Waals surface area contributed by atoms with Crippen molar-refractivity contribution in [3.8, 4) is 0 Å². The van der Waals surface area contributed by atoms with Gasteiger partial charge < -0.3 is 0 Å². The van der Waals surface area contributed by atoms with Gasteiger partial charge in [0.1, 0.15) is 5.82 Å². The molecular formula is C19H21FO. The Kier molecular flexibility index (Phi) is 4.05. The zero-order valence-electron chi connectivity index (χ0n) is 12.4. The normalized spacial score (nSPS) is 22.4. The Bertz CT molecular complexity index is 654. The number of Topliss-reactive ketones (excluding diaryl/α,β-unsaturated/α-hetero) is 1. The van der Waals surface area contributed by atoms with Gasteiger partial charge >= 0.3 is 0 Å². The molecule has 2 aromatic rings. The van der Waals surface area contributed by atoms with Crippen molar-refractivity contribution in [2.45, 2.75) is 39.0 Å². The standard InChI is InChI=1S/C19H21FO/c1-2-13-7-9-14(10-8-13)19(21)17-11-12-18(20)16-6-4-3-5-15(16)17/h3-6,11-14H,2,7-10H2,1H3. The van der Waals surface area contributed by atoms with Gasteiger partial charge in [0.05, 0.1) is 0 Å². The highest BCUT2D eigenvalue weighted by Crippen LogP contribution is 2.34. The van der Waals surface area contributed by atoms with Crippen LogP contribution in [-0.4, -0.2) is 5.78 Å². The van der Waals surface area contributed by atoms with Crippen LogP contribution in [0.5, 0.6) is 0 Å². The van der Waals surface area contributed by atoms with Crippen LogP contribution in [0.25, 0.3) is 10.8 Å². The molecule has 3 rings (SSSR count). The molecule has 0 atom stereocenters. The first-order chi connectivity index (χ1) is 10.2. The lowest BCUT2D eigenvalue weighted by atomic mass is 9.77. The first-order valence-electron chi connectivity index (χ1n) is 7.92. The van der Waals surface area contributed by atoms with E-state index in [2.05, 4.69) is 6.92 Å². The molecule has 0 aromatic heterocycles. The molecule has 0 bridgehead atoms. The summed E-state index contributed by atoms with van der Waals surface area (Å²) in [6, 6.07) is 10.4. The highest BCUT2D eigenvalue weighted by molar-refractivity contribution is 6.09. The van der Waals surface area contributed by atoms with E-state index in [1.54, 1.807) is 12.1 Å². The van der Waals surface area contributed by atoms with E-state index in [1.165, 1.54) is 12.5 Å². The summed E-state index contributed by atoms with van der Waals surface area (Å²) in [5.41, 5.74) is 0.687. The number of hydrogen-bond donors (Lipinski definition) is 0. The van der Waals surface area contributed by atoms with Crippen molar-refractivity contribution < 1.29 is 9.18 Å². The second-order valence-electron chi connectivity index (χ2n) is 6.13. The summed E-state index contributed by atoms with van der Waals surface area (Å²) in [5, 5.41) is 1.30. The third-order valence-electron chi connectivity index (χ3n) is 4.93. The SMILES string of the molecule is CCC1CCC(C(=O)c2ccc(F)c3ccccc23)CC1. The average Bonchev–Trinajstić information content (AvgIpc) is 2.55. The highest BCUT2D eigenvalue weighted by atomic mass is 19.1. The first-order valence-corrected chi connectivity index (χ1v) is 7.92. The van der Waals surface area contributed by atoms with Crippen LogP contribution >= 0.6 is 0 Å². The van der Waals surface area contributed by atoms with Crippen molar-refractivity contribution >= 4 is 16.6 Å². The van der Waals surface area contributed by atoms with Gasteiger partial charge in [-0.25, -0.2) is 4.39 Å². The molecule has 0 radical (unpaired) electrons. The maximum atomic E-state index is 13.9. The molecule has 1 nitrogen and oxygen atoms in total. The number of benzene rings is 2. The quantitative estimate of drug-likeness (QED) is 0.692. The number of hydrogen-bond acceptors (Lipinski definition) is 1. The summed E-state index contributed by atoms with van der Waals surface area (Å²) >= 11 is 0. The van der Waals surface area contributed by atoms with Crippen LogP contribution in [0.4, 0.5) is 4.39 Å². The van der Waals surface area contributed by atoms with E-state index in [0.29, 0.717) is 10.9 Å². The smallest absolute Gasteiger partial charge is 0.166 e. The van der Waals surface area contributed by atoms with Crippen molar-refractivity contribution in [3.05, 3.63) is 47.8 Å². The number of ketones is 1. The topological polar surface area (TPSA) is 17.1 Å². The molecule has 1 aliphatic carbocycles. The first kappa shape index (κ1) is 14.2. The lowest BCUT2D eigenvalue weighted by Crippen LogP contribution is -2.22. The summed E-state index contributed by atoms with van der Waals surface area (Å²) in [7, 11) is 0. The molecule has 1 saturated carbocycles. The molecule has 0 aliphatic heterocycles. The van der Waals surface area contributed by atoms with Gasteiger partial charge in [-0.2, -0.15) is 0 Å². The Morgan fingerprint density at radius 3 is 2.38 bits per heavy atom. The van der Waals surface area contributed by atoms with Crippen molar-refractivity contribution in [2.75, 3.05) is 0 Å². The average molecular weight is 284 g/mol. The molecule has 0 spiro atoms. The minimum atomic E-state index is -0.253. The molecule has 0 amide bonds. The van der Waals surface area contributed by atoms with Gasteiger partial charge in [0.15, 0.2) is 5.78 Å². The monoisotopic (exact) mass is 284 g/mol. The Morgan fingerprint density at radius 1 is 1.05 bits per heavy atom. The number of halogens is 1. The Morgan fingerprint density at radius 2 is 1.71 bits per heavy atom. The van der Waals surface area contributed by atoms with Crippen LogP contribution in [0.2, 0.25) is 0 Å². The van der Waals surface area contributed by atoms with Gasteiger partial charge in [-0.15, -0.1) is 0 Å². The highest BCUT2D eigenvalue weighted by Gasteiger charge is 2.27. The molecule has 0 saturated heterocycles. The molecule has 1 fully saturated rings.